The van der Waals surface area contributed by atoms with Gasteiger partial charge in [0.25, 0.3) is 0 Å². The van der Waals surface area contributed by atoms with E-state index in [4.69, 9.17) is 4.74 Å². The Labute approximate surface area is 112 Å². The van der Waals surface area contributed by atoms with Gasteiger partial charge in [0.1, 0.15) is 0 Å². The molecule has 2 heterocycles. The van der Waals surface area contributed by atoms with E-state index in [-0.39, 0.29) is 0 Å². The van der Waals surface area contributed by atoms with Crippen molar-refractivity contribution in [2.45, 2.75) is 52.2 Å². The van der Waals surface area contributed by atoms with Crippen molar-refractivity contribution < 1.29 is 4.74 Å². The van der Waals surface area contributed by atoms with Crippen LogP contribution >= 0.6 is 0 Å². The Kier molecular flexibility index (Phi) is 5.46. The fourth-order valence-corrected chi connectivity index (χ4v) is 3.08. The van der Waals surface area contributed by atoms with Crippen LogP contribution in [-0.4, -0.2) is 49.8 Å². The molecule has 0 bridgehead atoms. The topological polar surface area (TPSA) is 24.5 Å². The summed E-state index contributed by atoms with van der Waals surface area (Å²) in [4.78, 5) is 2.65. The average molecular weight is 254 g/mol. The first kappa shape index (κ1) is 14.3. The van der Waals surface area contributed by atoms with E-state index in [1.54, 1.807) is 0 Å². The first-order valence-electron chi connectivity index (χ1n) is 7.73. The third kappa shape index (κ3) is 3.94. The Balaban J connectivity index is 1.63. The molecule has 0 radical (unpaired) electrons. The summed E-state index contributed by atoms with van der Waals surface area (Å²) in [6.07, 6.45) is 4.30. The maximum Gasteiger partial charge on any atom is 0.0700 e. The Morgan fingerprint density at radius 2 is 2.11 bits per heavy atom. The van der Waals surface area contributed by atoms with Crippen LogP contribution in [0.1, 0.15) is 40.0 Å². The molecule has 106 valence electrons. The Morgan fingerprint density at radius 3 is 2.78 bits per heavy atom. The number of hydrogen-bond acceptors (Lipinski definition) is 3. The maximum absolute atomic E-state index is 5.64. The van der Waals surface area contributed by atoms with Gasteiger partial charge in [0.15, 0.2) is 0 Å². The molecule has 0 aromatic heterocycles. The van der Waals surface area contributed by atoms with Crippen molar-refractivity contribution in [3.05, 3.63) is 0 Å². The van der Waals surface area contributed by atoms with Crippen LogP contribution in [0.2, 0.25) is 0 Å². The summed E-state index contributed by atoms with van der Waals surface area (Å²) >= 11 is 0. The SMILES string of the molecule is CC1CCN(C(C)CNCC2CCCO2)CC1C. The number of nitrogens with one attached hydrogen (secondary N) is 1. The molecule has 0 spiro atoms. The molecule has 4 atom stereocenters. The summed E-state index contributed by atoms with van der Waals surface area (Å²) in [7, 11) is 0. The van der Waals surface area contributed by atoms with Crippen LogP contribution in [0.4, 0.5) is 0 Å². The van der Waals surface area contributed by atoms with Crippen LogP contribution in [0, 0.1) is 11.8 Å². The van der Waals surface area contributed by atoms with Gasteiger partial charge >= 0.3 is 0 Å². The van der Waals surface area contributed by atoms with Crippen LogP contribution in [0.3, 0.4) is 0 Å². The smallest absolute Gasteiger partial charge is 0.0700 e. The predicted octanol–water partition coefficient (Wildman–Crippen LogP) is 2.12. The number of hydrogen-bond donors (Lipinski definition) is 1. The van der Waals surface area contributed by atoms with Crippen molar-refractivity contribution in [2.24, 2.45) is 11.8 Å². The molecular weight excluding hydrogens is 224 g/mol. The molecule has 2 saturated heterocycles. The minimum absolute atomic E-state index is 0.470. The van der Waals surface area contributed by atoms with Gasteiger partial charge < -0.3 is 10.1 Å². The van der Waals surface area contributed by atoms with Gasteiger partial charge in [-0.1, -0.05) is 13.8 Å². The normalized spacial score (nSPS) is 35.8. The summed E-state index contributed by atoms with van der Waals surface area (Å²) in [5.41, 5.74) is 0. The van der Waals surface area contributed by atoms with E-state index >= 15 is 0 Å². The lowest BCUT2D eigenvalue weighted by Crippen LogP contribution is -2.47. The van der Waals surface area contributed by atoms with Crippen LogP contribution in [0.5, 0.6) is 0 Å². The highest BCUT2D eigenvalue weighted by atomic mass is 16.5. The van der Waals surface area contributed by atoms with Crippen molar-refractivity contribution >= 4 is 0 Å². The third-order valence-corrected chi connectivity index (χ3v) is 4.82. The predicted molar refractivity (Wildman–Crippen MR) is 75.8 cm³/mol. The van der Waals surface area contributed by atoms with Gasteiger partial charge in [0.2, 0.25) is 0 Å². The first-order valence-corrected chi connectivity index (χ1v) is 7.73. The average Bonchev–Trinajstić information content (AvgIpc) is 2.85. The van der Waals surface area contributed by atoms with Gasteiger partial charge in [0, 0.05) is 32.3 Å². The van der Waals surface area contributed by atoms with E-state index in [1.165, 1.54) is 32.4 Å². The summed E-state index contributed by atoms with van der Waals surface area (Å²) in [6.45, 7) is 12.8. The Morgan fingerprint density at radius 1 is 1.28 bits per heavy atom. The molecule has 0 aliphatic carbocycles. The lowest BCUT2D eigenvalue weighted by atomic mass is 9.88. The fourth-order valence-electron chi connectivity index (χ4n) is 3.08. The van der Waals surface area contributed by atoms with E-state index in [1.807, 2.05) is 0 Å². The molecule has 3 nitrogen and oxygen atoms in total. The van der Waals surface area contributed by atoms with Crippen LogP contribution < -0.4 is 5.32 Å². The molecule has 0 amide bonds. The summed E-state index contributed by atoms with van der Waals surface area (Å²) in [6, 6.07) is 0.654. The number of rotatable bonds is 5. The van der Waals surface area contributed by atoms with Gasteiger partial charge in [-0.25, -0.2) is 0 Å². The van der Waals surface area contributed by atoms with E-state index in [9.17, 15) is 0 Å². The minimum atomic E-state index is 0.470. The highest BCUT2D eigenvalue weighted by molar-refractivity contribution is 4.80. The summed E-state index contributed by atoms with van der Waals surface area (Å²) in [5.74, 6) is 1.74. The van der Waals surface area contributed by atoms with Crippen molar-refractivity contribution in [1.82, 2.24) is 10.2 Å². The second-order valence-electron chi connectivity index (χ2n) is 6.38. The maximum atomic E-state index is 5.64. The van der Waals surface area contributed by atoms with Gasteiger partial charge in [-0.05, 0) is 44.6 Å². The van der Waals surface area contributed by atoms with Gasteiger partial charge in [-0.3, -0.25) is 4.90 Å². The van der Waals surface area contributed by atoms with Crippen molar-refractivity contribution in [3.63, 3.8) is 0 Å². The molecule has 4 unspecified atom stereocenters. The number of likely N-dealkylation sites (tertiary alicyclic amines) is 1. The van der Waals surface area contributed by atoms with Crippen LogP contribution in [-0.2, 0) is 4.74 Å². The first-order chi connectivity index (χ1) is 8.66. The molecule has 2 rings (SSSR count). The molecule has 0 aromatic rings. The molecular formula is C15H30N2O. The third-order valence-electron chi connectivity index (χ3n) is 4.82. The van der Waals surface area contributed by atoms with E-state index in [0.717, 1.165) is 31.5 Å². The highest BCUT2D eigenvalue weighted by Crippen LogP contribution is 2.23. The molecule has 2 aliphatic rings. The molecule has 0 saturated carbocycles. The molecule has 2 aliphatic heterocycles. The van der Waals surface area contributed by atoms with Gasteiger partial charge in [-0.15, -0.1) is 0 Å². The summed E-state index contributed by atoms with van der Waals surface area (Å²) in [5, 5.41) is 3.58. The standard InChI is InChI=1S/C15H30N2O/c1-12-6-7-17(11-13(12)2)14(3)9-16-10-15-5-4-8-18-15/h12-16H,4-11H2,1-3H3. The van der Waals surface area contributed by atoms with Crippen LogP contribution in [0.25, 0.3) is 0 Å². The lowest BCUT2D eigenvalue weighted by molar-refractivity contribution is 0.0909. The molecule has 0 aromatic carbocycles. The number of ether oxygens (including phenoxy) is 1. The zero-order valence-electron chi connectivity index (χ0n) is 12.3. The molecule has 2 fully saturated rings. The van der Waals surface area contributed by atoms with E-state index in [2.05, 4.69) is 31.0 Å². The van der Waals surface area contributed by atoms with Crippen molar-refractivity contribution in [1.29, 1.82) is 0 Å². The largest absolute Gasteiger partial charge is 0.377 e. The summed E-state index contributed by atoms with van der Waals surface area (Å²) < 4.78 is 5.64. The second kappa shape index (κ2) is 6.88. The second-order valence-corrected chi connectivity index (χ2v) is 6.38. The zero-order valence-corrected chi connectivity index (χ0v) is 12.3. The monoisotopic (exact) mass is 254 g/mol. The van der Waals surface area contributed by atoms with Crippen LogP contribution in [0.15, 0.2) is 0 Å². The number of nitrogens with zero attached hydrogens (tertiary/aromatic N) is 1. The zero-order chi connectivity index (χ0) is 13.0. The van der Waals surface area contributed by atoms with Gasteiger partial charge in [-0.2, -0.15) is 0 Å². The molecule has 18 heavy (non-hydrogen) atoms. The minimum Gasteiger partial charge on any atom is -0.377 e. The van der Waals surface area contributed by atoms with E-state index in [0.29, 0.717) is 12.1 Å². The van der Waals surface area contributed by atoms with Gasteiger partial charge in [0.05, 0.1) is 6.10 Å². The quantitative estimate of drug-likeness (QED) is 0.813. The Bertz CT molecular complexity index is 241. The Hall–Kier alpha value is -0.120. The van der Waals surface area contributed by atoms with Crippen molar-refractivity contribution in [2.75, 3.05) is 32.8 Å². The van der Waals surface area contributed by atoms with E-state index < -0.39 is 0 Å². The fraction of sp³-hybridized carbons (Fsp3) is 1.00. The van der Waals surface area contributed by atoms with Crippen molar-refractivity contribution in [3.8, 4) is 0 Å². The molecule has 1 N–H and O–H groups in total. The highest BCUT2D eigenvalue weighted by Gasteiger charge is 2.25. The lowest BCUT2D eigenvalue weighted by Gasteiger charge is -2.39. The molecule has 3 heteroatoms. The number of piperidine rings is 1.